The smallest absolute Gasteiger partial charge is 0.331 e. The van der Waals surface area contributed by atoms with Crippen LogP contribution in [0.1, 0.15) is 49.4 Å². The van der Waals surface area contributed by atoms with Gasteiger partial charge in [0.1, 0.15) is 0 Å². The molecule has 0 fully saturated rings. The average Bonchev–Trinajstić information content (AvgIpc) is 3.30. The van der Waals surface area contributed by atoms with Crippen molar-refractivity contribution < 1.29 is 9.59 Å². The molecule has 8 heteroatoms. The Morgan fingerprint density at radius 2 is 2.06 bits per heavy atom. The number of hydrogen-bond acceptors (Lipinski definition) is 4. The van der Waals surface area contributed by atoms with E-state index in [9.17, 15) is 14.4 Å². The van der Waals surface area contributed by atoms with Gasteiger partial charge >= 0.3 is 5.69 Å². The van der Waals surface area contributed by atoms with Crippen LogP contribution in [0.5, 0.6) is 0 Å². The number of nitrogens with zero attached hydrogens (tertiary/aromatic N) is 3. The summed E-state index contributed by atoms with van der Waals surface area (Å²) in [5, 5.41) is 1.08. The Morgan fingerprint density at radius 3 is 2.81 bits per heavy atom. The van der Waals surface area contributed by atoms with Crippen LogP contribution in [0.2, 0.25) is 0 Å². The molecule has 4 aromatic rings. The number of carbonyl (C=O) groups excluding carboxylic acids is 2. The summed E-state index contributed by atoms with van der Waals surface area (Å²) in [5.74, 6) is -0.483. The number of aromatic amines is 1. The monoisotopic (exact) mass is 418 g/mol. The van der Waals surface area contributed by atoms with Crippen molar-refractivity contribution in [1.82, 2.24) is 19.1 Å². The summed E-state index contributed by atoms with van der Waals surface area (Å²) in [7, 11) is 0. The molecular formula is C23H24N5O3. The minimum absolute atomic E-state index is 0.0244. The predicted molar refractivity (Wildman–Crippen MR) is 119 cm³/mol. The van der Waals surface area contributed by atoms with E-state index in [1.165, 1.54) is 4.57 Å². The van der Waals surface area contributed by atoms with Crippen LogP contribution < -0.4 is 11.4 Å². The van der Waals surface area contributed by atoms with Gasteiger partial charge in [0.25, 0.3) is 0 Å². The first-order chi connectivity index (χ1) is 14.9. The summed E-state index contributed by atoms with van der Waals surface area (Å²) < 4.78 is 3.20. The molecule has 3 aromatic heterocycles. The molecule has 1 radical (unpaired) electrons. The van der Waals surface area contributed by atoms with Gasteiger partial charge in [0.05, 0.1) is 11.6 Å². The fraction of sp³-hybridized carbons (Fsp3) is 0.304. The van der Waals surface area contributed by atoms with Crippen LogP contribution in [0.15, 0.2) is 47.5 Å². The number of H-pyrrole nitrogens is 1. The van der Waals surface area contributed by atoms with E-state index < -0.39 is 11.9 Å². The number of benzene rings is 1. The maximum Gasteiger partial charge on any atom is 0.331 e. The number of carbonyl (C=O) groups is 1. The molecule has 1 amide bonds. The molecule has 3 N–H and O–H groups in total. The molecule has 0 aliphatic rings. The van der Waals surface area contributed by atoms with E-state index in [-0.39, 0.29) is 31.0 Å². The Balaban J connectivity index is 1.91. The number of hydrogen-bond donors (Lipinski definition) is 2. The molecule has 2 atom stereocenters. The minimum atomic E-state index is -0.548. The lowest BCUT2D eigenvalue weighted by molar-refractivity contribution is -0.118. The van der Waals surface area contributed by atoms with Crippen LogP contribution >= 0.6 is 0 Å². The first-order valence-corrected chi connectivity index (χ1v) is 10.2. The molecule has 0 saturated carbocycles. The Morgan fingerprint density at radius 1 is 1.26 bits per heavy atom. The maximum absolute atomic E-state index is 13.6. The Labute approximate surface area is 178 Å². The summed E-state index contributed by atoms with van der Waals surface area (Å²) in [5.41, 5.74) is 9.27. The second-order valence-electron chi connectivity index (χ2n) is 7.79. The van der Waals surface area contributed by atoms with Gasteiger partial charge in [0.15, 0.2) is 5.65 Å². The van der Waals surface area contributed by atoms with Crippen LogP contribution in [0, 0.1) is 6.92 Å². The van der Waals surface area contributed by atoms with Crippen LogP contribution in [-0.2, 0) is 9.59 Å². The van der Waals surface area contributed by atoms with Crippen molar-refractivity contribution in [1.29, 1.82) is 0 Å². The normalized spacial score (nSPS) is 13.5. The van der Waals surface area contributed by atoms with E-state index in [4.69, 9.17) is 5.73 Å². The van der Waals surface area contributed by atoms with Crippen molar-refractivity contribution in [3.63, 3.8) is 0 Å². The second-order valence-corrected chi connectivity index (χ2v) is 7.79. The van der Waals surface area contributed by atoms with Crippen LogP contribution in [0.4, 0.5) is 0 Å². The molecule has 3 heterocycles. The number of fused-ring (bicyclic) bond motifs is 2. The summed E-state index contributed by atoms with van der Waals surface area (Å²) in [6.45, 7) is 4.01. The van der Waals surface area contributed by atoms with Crippen molar-refractivity contribution >= 4 is 34.3 Å². The third-order valence-corrected chi connectivity index (χ3v) is 5.86. The van der Waals surface area contributed by atoms with Crippen LogP contribution in [-0.4, -0.2) is 31.3 Å². The van der Waals surface area contributed by atoms with Gasteiger partial charge in [-0.15, -0.1) is 0 Å². The van der Waals surface area contributed by atoms with Crippen molar-refractivity contribution in [2.45, 2.75) is 45.2 Å². The van der Waals surface area contributed by atoms with E-state index in [1.807, 2.05) is 50.6 Å². The van der Waals surface area contributed by atoms with E-state index >= 15 is 0 Å². The standard InChI is InChI=1S/C23H24N5O3/c1-14-5-3-6-18-21(14)17(13-26-18)15(2)27-19-7-4-11-25-22(19)28(23(27)31)16(10-12-29)8-9-20(24)30/h3-7,11,13,15-16,26H,8-10H2,1-2H3,(H2,24,30)/t15-,16?/m0/s1. The number of nitrogens with one attached hydrogen (secondary N) is 1. The maximum atomic E-state index is 13.6. The molecule has 0 aliphatic carbocycles. The number of imidazole rings is 1. The molecule has 8 nitrogen and oxygen atoms in total. The molecule has 159 valence electrons. The fourth-order valence-electron chi connectivity index (χ4n) is 4.37. The quantitative estimate of drug-likeness (QED) is 0.458. The van der Waals surface area contributed by atoms with Crippen LogP contribution in [0.25, 0.3) is 22.1 Å². The first-order valence-electron chi connectivity index (χ1n) is 10.2. The molecule has 4 rings (SSSR count). The zero-order valence-electron chi connectivity index (χ0n) is 17.5. The highest BCUT2D eigenvalue weighted by Gasteiger charge is 2.26. The molecular weight excluding hydrogens is 394 g/mol. The summed E-state index contributed by atoms with van der Waals surface area (Å²) >= 11 is 0. The summed E-state index contributed by atoms with van der Waals surface area (Å²) in [4.78, 5) is 43.9. The SMILES string of the molecule is Cc1cccc2[nH]cc([C@H](C)n3c(=O)n(C(C[C]=O)CCC(N)=O)c4ncccc43)c12. The highest BCUT2D eigenvalue weighted by atomic mass is 16.2. The van der Waals surface area contributed by atoms with Gasteiger partial charge in [-0.25, -0.2) is 9.78 Å². The van der Waals surface area contributed by atoms with Gasteiger partial charge in [-0.05, 0) is 44.0 Å². The lowest BCUT2D eigenvalue weighted by Crippen LogP contribution is -2.30. The number of aromatic nitrogens is 4. The fourth-order valence-corrected chi connectivity index (χ4v) is 4.37. The van der Waals surface area contributed by atoms with Gasteiger partial charge in [0, 0.05) is 47.7 Å². The number of pyridine rings is 1. The topological polar surface area (TPSA) is 116 Å². The molecule has 0 aliphatic heterocycles. The van der Waals surface area contributed by atoms with Crippen molar-refractivity contribution in [3.05, 3.63) is 64.3 Å². The molecule has 0 spiro atoms. The van der Waals surface area contributed by atoms with Gasteiger partial charge < -0.3 is 10.7 Å². The number of rotatable bonds is 8. The van der Waals surface area contributed by atoms with E-state index in [1.54, 1.807) is 16.8 Å². The van der Waals surface area contributed by atoms with Crippen LogP contribution in [0.3, 0.4) is 0 Å². The van der Waals surface area contributed by atoms with Crippen molar-refractivity contribution in [3.8, 4) is 0 Å². The van der Waals surface area contributed by atoms with Gasteiger partial charge in [-0.3, -0.25) is 18.7 Å². The minimum Gasteiger partial charge on any atom is -0.370 e. The van der Waals surface area contributed by atoms with E-state index in [0.29, 0.717) is 11.2 Å². The van der Waals surface area contributed by atoms with Gasteiger partial charge in [-0.2, -0.15) is 0 Å². The number of nitrogens with two attached hydrogens (primary N) is 1. The summed E-state index contributed by atoms with van der Waals surface area (Å²) in [6, 6.07) is 8.82. The summed E-state index contributed by atoms with van der Waals surface area (Å²) in [6.07, 6.45) is 5.72. The predicted octanol–water partition coefficient (Wildman–Crippen LogP) is 2.90. The zero-order chi connectivity index (χ0) is 22.1. The third kappa shape index (κ3) is 3.54. The number of primary amides is 1. The lowest BCUT2D eigenvalue weighted by Gasteiger charge is -2.16. The van der Waals surface area contributed by atoms with Crippen molar-refractivity contribution in [2.75, 3.05) is 0 Å². The second kappa shape index (κ2) is 8.22. The van der Waals surface area contributed by atoms with E-state index in [2.05, 4.69) is 9.97 Å². The van der Waals surface area contributed by atoms with Crippen molar-refractivity contribution in [2.24, 2.45) is 5.73 Å². The first kappa shape index (κ1) is 20.6. The highest BCUT2D eigenvalue weighted by molar-refractivity contribution is 5.87. The number of aryl methyl sites for hydroxylation is 1. The zero-order valence-corrected chi connectivity index (χ0v) is 17.5. The Hall–Kier alpha value is -3.68. The average molecular weight is 418 g/mol. The molecule has 31 heavy (non-hydrogen) atoms. The largest absolute Gasteiger partial charge is 0.370 e. The van der Waals surface area contributed by atoms with Gasteiger partial charge in [-0.1, -0.05) is 12.1 Å². The molecule has 0 bridgehead atoms. The third-order valence-electron chi connectivity index (χ3n) is 5.86. The lowest BCUT2D eigenvalue weighted by atomic mass is 10.0. The Kier molecular flexibility index (Phi) is 5.46. The molecule has 0 saturated heterocycles. The Bertz CT molecular complexity index is 1330. The highest BCUT2D eigenvalue weighted by Crippen LogP contribution is 2.31. The van der Waals surface area contributed by atoms with E-state index in [0.717, 1.165) is 22.0 Å². The molecule has 1 aromatic carbocycles. The molecule has 1 unspecified atom stereocenters. The van der Waals surface area contributed by atoms with Gasteiger partial charge in [0.2, 0.25) is 12.2 Å². The number of amides is 1.